The van der Waals surface area contributed by atoms with Crippen molar-refractivity contribution in [3.63, 3.8) is 0 Å². The molecule has 0 radical (unpaired) electrons. The number of carbonyl (C=O) groups is 1. The average Bonchev–Trinajstić information content (AvgIpc) is 2.09. The summed E-state index contributed by atoms with van der Waals surface area (Å²) in [6.07, 6.45) is 6.08. The summed E-state index contributed by atoms with van der Waals surface area (Å²) in [6, 6.07) is 0. The van der Waals surface area contributed by atoms with Gasteiger partial charge in [0.15, 0.2) is 0 Å². The van der Waals surface area contributed by atoms with Crippen LogP contribution in [0.15, 0.2) is 0 Å². The lowest BCUT2D eigenvalue weighted by Gasteiger charge is -2.00. The molecule has 13 heavy (non-hydrogen) atoms. The first-order chi connectivity index (χ1) is 6.27. The minimum atomic E-state index is -0.186. The molecule has 0 saturated carbocycles. The summed E-state index contributed by atoms with van der Waals surface area (Å²) in [5.74, 6) is -0.186. The predicted molar refractivity (Wildman–Crippen MR) is 53.4 cm³/mol. The van der Waals surface area contributed by atoms with E-state index in [9.17, 15) is 4.79 Å². The summed E-state index contributed by atoms with van der Waals surface area (Å²) in [5, 5.41) is 0. The minimum absolute atomic E-state index is 0.186. The Morgan fingerprint density at radius 1 is 1.15 bits per heavy atom. The van der Waals surface area contributed by atoms with Gasteiger partial charge < -0.3 is 10.5 Å². The van der Waals surface area contributed by atoms with Crippen LogP contribution in [0.2, 0.25) is 0 Å². The first kappa shape index (κ1) is 12.4. The Kier molecular flexibility index (Phi) is 9.10. The molecule has 0 aromatic heterocycles. The summed E-state index contributed by atoms with van der Waals surface area (Å²) in [6.45, 7) is 3.68. The van der Waals surface area contributed by atoms with E-state index < -0.39 is 0 Å². The summed E-state index contributed by atoms with van der Waals surface area (Å²) >= 11 is 0. The van der Waals surface area contributed by atoms with Crippen LogP contribution in [0.4, 0.5) is 0 Å². The Labute approximate surface area is 80.6 Å². The maximum absolute atomic E-state index is 10.4. The first-order valence-corrected chi connectivity index (χ1v) is 5.13. The average molecular weight is 187 g/mol. The quantitative estimate of drug-likeness (QED) is 0.560. The molecule has 0 rings (SSSR count). The largest absolute Gasteiger partial charge is 0.382 e. The van der Waals surface area contributed by atoms with Gasteiger partial charge in [-0.1, -0.05) is 19.3 Å². The normalized spacial score (nSPS) is 10.2. The molecule has 0 unspecified atom stereocenters. The van der Waals surface area contributed by atoms with Gasteiger partial charge in [-0.05, 0) is 19.8 Å². The maximum Gasteiger partial charge on any atom is 0.217 e. The van der Waals surface area contributed by atoms with Gasteiger partial charge in [-0.25, -0.2) is 0 Å². The van der Waals surface area contributed by atoms with Crippen molar-refractivity contribution in [2.75, 3.05) is 13.2 Å². The van der Waals surface area contributed by atoms with Gasteiger partial charge >= 0.3 is 0 Å². The van der Waals surface area contributed by atoms with Crippen molar-refractivity contribution in [1.82, 2.24) is 0 Å². The van der Waals surface area contributed by atoms with Gasteiger partial charge in [0.2, 0.25) is 5.91 Å². The monoisotopic (exact) mass is 187 g/mol. The number of hydrogen-bond acceptors (Lipinski definition) is 2. The van der Waals surface area contributed by atoms with Crippen LogP contribution in [0.25, 0.3) is 0 Å². The summed E-state index contributed by atoms with van der Waals surface area (Å²) in [7, 11) is 0. The highest BCUT2D eigenvalue weighted by atomic mass is 16.5. The number of nitrogens with two attached hydrogens (primary N) is 1. The smallest absolute Gasteiger partial charge is 0.217 e. The second-order valence-corrected chi connectivity index (χ2v) is 3.18. The van der Waals surface area contributed by atoms with E-state index >= 15 is 0 Å². The van der Waals surface area contributed by atoms with Gasteiger partial charge in [-0.2, -0.15) is 0 Å². The van der Waals surface area contributed by atoms with Crippen LogP contribution in [0.1, 0.15) is 45.4 Å². The predicted octanol–water partition coefficient (Wildman–Crippen LogP) is 1.85. The molecule has 3 heteroatoms. The van der Waals surface area contributed by atoms with Crippen molar-refractivity contribution in [3.8, 4) is 0 Å². The fraction of sp³-hybridized carbons (Fsp3) is 0.900. The SMILES string of the molecule is CCOCCCCCCCC(N)=O. The molecule has 0 fully saturated rings. The van der Waals surface area contributed by atoms with Gasteiger partial charge in [0, 0.05) is 19.6 Å². The zero-order valence-electron chi connectivity index (χ0n) is 8.55. The molecule has 0 aliphatic rings. The number of amides is 1. The molecule has 0 aliphatic carbocycles. The summed E-state index contributed by atoms with van der Waals surface area (Å²) in [4.78, 5) is 10.4. The number of primary amides is 1. The van der Waals surface area contributed by atoms with Crippen LogP contribution in [0, 0.1) is 0 Å². The van der Waals surface area contributed by atoms with Gasteiger partial charge in [-0.15, -0.1) is 0 Å². The van der Waals surface area contributed by atoms with Crippen LogP contribution in [0.5, 0.6) is 0 Å². The van der Waals surface area contributed by atoms with Crippen LogP contribution in [0.3, 0.4) is 0 Å². The first-order valence-electron chi connectivity index (χ1n) is 5.13. The van der Waals surface area contributed by atoms with Gasteiger partial charge in [-0.3, -0.25) is 4.79 Å². The van der Waals surface area contributed by atoms with E-state index in [2.05, 4.69) is 0 Å². The lowest BCUT2D eigenvalue weighted by atomic mass is 10.1. The molecule has 0 aromatic rings. The zero-order valence-corrected chi connectivity index (χ0v) is 8.55. The minimum Gasteiger partial charge on any atom is -0.382 e. The van der Waals surface area contributed by atoms with E-state index in [1.54, 1.807) is 0 Å². The fourth-order valence-corrected chi connectivity index (χ4v) is 1.18. The van der Waals surface area contributed by atoms with Crippen LogP contribution in [-0.2, 0) is 9.53 Å². The fourth-order valence-electron chi connectivity index (χ4n) is 1.18. The molecular formula is C10H21NO2. The molecule has 78 valence electrons. The second kappa shape index (κ2) is 9.52. The molecule has 2 N–H and O–H groups in total. The number of ether oxygens (including phenoxy) is 1. The van der Waals surface area contributed by atoms with Crippen molar-refractivity contribution in [2.45, 2.75) is 45.4 Å². The highest BCUT2D eigenvalue weighted by Crippen LogP contribution is 2.04. The standard InChI is InChI=1S/C10H21NO2/c1-2-13-9-7-5-3-4-6-8-10(11)12/h2-9H2,1H3,(H2,11,12). The molecule has 0 atom stereocenters. The molecule has 0 bridgehead atoms. The molecule has 0 aliphatic heterocycles. The van der Waals surface area contributed by atoms with Crippen molar-refractivity contribution in [3.05, 3.63) is 0 Å². The van der Waals surface area contributed by atoms with Gasteiger partial charge in [0.05, 0.1) is 0 Å². The molecule has 0 saturated heterocycles. The highest BCUT2D eigenvalue weighted by molar-refractivity contribution is 5.73. The Balaban J connectivity index is 2.87. The third kappa shape index (κ3) is 11.4. The van der Waals surface area contributed by atoms with Gasteiger partial charge in [0.25, 0.3) is 0 Å². The number of carbonyl (C=O) groups excluding carboxylic acids is 1. The van der Waals surface area contributed by atoms with E-state index in [4.69, 9.17) is 10.5 Å². The zero-order chi connectivity index (χ0) is 9.94. The molecule has 0 heterocycles. The van der Waals surface area contributed by atoms with E-state index in [0.717, 1.165) is 32.5 Å². The Hall–Kier alpha value is -0.570. The van der Waals surface area contributed by atoms with Crippen LogP contribution >= 0.6 is 0 Å². The maximum atomic E-state index is 10.4. The van der Waals surface area contributed by atoms with E-state index in [0.29, 0.717) is 6.42 Å². The summed E-state index contributed by atoms with van der Waals surface area (Å²) in [5.41, 5.74) is 5.01. The van der Waals surface area contributed by atoms with E-state index in [-0.39, 0.29) is 5.91 Å². The van der Waals surface area contributed by atoms with E-state index in [1.165, 1.54) is 12.8 Å². The van der Waals surface area contributed by atoms with Crippen molar-refractivity contribution in [1.29, 1.82) is 0 Å². The Morgan fingerprint density at radius 2 is 1.77 bits per heavy atom. The lowest BCUT2D eigenvalue weighted by Crippen LogP contribution is -2.09. The number of unbranched alkanes of at least 4 members (excludes halogenated alkanes) is 4. The third-order valence-corrected chi connectivity index (χ3v) is 1.92. The van der Waals surface area contributed by atoms with Crippen molar-refractivity contribution in [2.24, 2.45) is 5.73 Å². The van der Waals surface area contributed by atoms with Crippen LogP contribution in [-0.4, -0.2) is 19.1 Å². The molecular weight excluding hydrogens is 166 g/mol. The Bertz CT molecular complexity index is 126. The van der Waals surface area contributed by atoms with Crippen molar-refractivity contribution < 1.29 is 9.53 Å². The second-order valence-electron chi connectivity index (χ2n) is 3.18. The number of hydrogen-bond donors (Lipinski definition) is 1. The summed E-state index contributed by atoms with van der Waals surface area (Å²) < 4.78 is 5.20. The topological polar surface area (TPSA) is 52.3 Å². The Morgan fingerprint density at radius 3 is 2.38 bits per heavy atom. The lowest BCUT2D eigenvalue weighted by molar-refractivity contribution is -0.118. The number of rotatable bonds is 9. The van der Waals surface area contributed by atoms with Crippen LogP contribution < -0.4 is 5.73 Å². The molecule has 0 aromatic carbocycles. The third-order valence-electron chi connectivity index (χ3n) is 1.92. The molecule has 3 nitrogen and oxygen atoms in total. The van der Waals surface area contributed by atoms with Gasteiger partial charge in [0.1, 0.15) is 0 Å². The highest BCUT2D eigenvalue weighted by Gasteiger charge is 1.94. The molecule has 1 amide bonds. The van der Waals surface area contributed by atoms with E-state index in [1.807, 2.05) is 6.92 Å². The molecule has 0 spiro atoms. The van der Waals surface area contributed by atoms with Crippen molar-refractivity contribution >= 4 is 5.91 Å².